The predicted molar refractivity (Wildman–Crippen MR) is 77.4 cm³/mol. The van der Waals surface area contributed by atoms with Crippen molar-refractivity contribution in [1.82, 2.24) is 0 Å². The van der Waals surface area contributed by atoms with Crippen LogP contribution in [0.3, 0.4) is 0 Å². The van der Waals surface area contributed by atoms with E-state index in [2.05, 4.69) is 0 Å². The molecule has 0 radical (unpaired) electrons. The van der Waals surface area contributed by atoms with Gasteiger partial charge in [-0.2, -0.15) is 0 Å². The third-order valence-corrected chi connectivity index (χ3v) is 3.71. The lowest BCUT2D eigenvalue weighted by molar-refractivity contribution is 0.0170. The first-order chi connectivity index (χ1) is 9.87. The summed E-state index contributed by atoms with van der Waals surface area (Å²) in [5.74, 6) is 0.129. The van der Waals surface area contributed by atoms with Crippen molar-refractivity contribution in [2.24, 2.45) is 0 Å². The molecule has 0 fully saturated rings. The molecule has 21 heavy (non-hydrogen) atoms. The van der Waals surface area contributed by atoms with Crippen molar-refractivity contribution in [3.05, 3.63) is 34.9 Å². The summed E-state index contributed by atoms with van der Waals surface area (Å²) in [5.41, 5.74) is 0.416. The van der Waals surface area contributed by atoms with Crippen molar-refractivity contribution in [2.45, 2.75) is 19.4 Å². The number of carbonyl (C=O) groups is 2. The minimum atomic E-state index is -0.696. The molecule has 1 aromatic rings. The SMILES string of the molecule is COc1cc(C(C)(C)OC)c(OC)c2c1C(=O)C=CC2=O. The molecular weight excluding hydrogens is 272 g/mol. The molecule has 0 aromatic heterocycles. The molecule has 0 unspecified atom stereocenters. The van der Waals surface area contributed by atoms with Gasteiger partial charge in [-0.05, 0) is 32.1 Å². The van der Waals surface area contributed by atoms with Gasteiger partial charge in [-0.3, -0.25) is 9.59 Å². The van der Waals surface area contributed by atoms with E-state index in [0.29, 0.717) is 17.1 Å². The zero-order valence-corrected chi connectivity index (χ0v) is 12.8. The van der Waals surface area contributed by atoms with Gasteiger partial charge < -0.3 is 14.2 Å². The highest BCUT2D eigenvalue weighted by Gasteiger charge is 2.34. The van der Waals surface area contributed by atoms with Crippen LogP contribution in [0.2, 0.25) is 0 Å². The maximum Gasteiger partial charge on any atom is 0.190 e. The fourth-order valence-electron chi connectivity index (χ4n) is 2.37. The normalized spacial score (nSPS) is 14.1. The van der Waals surface area contributed by atoms with E-state index in [-0.39, 0.29) is 22.7 Å². The van der Waals surface area contributed by atoms with E-state index in [9.17, 15) is 9.59 Å². The van der Waals surface area contributed by atoms with E-state index in [1.807, 2.05) is 13.8 Å². The molecule has 0 bridgehead atoms. The van der Waals surface area contributed by atoms with Crippen LogP contribution in [-0.4, -0.2) is 32.9 Å². The largest absolute Gasteiger partial charge is 0.496 e. The topological polar surface area (TPSA) is 61.8 Å². The monoisotopic (exact) mass is 290 g/mol. The molecule has 0 spiro atoms. The number of fused-ring (bicyclic) bond motifs is 1. The zero-order chi connectivity index (χ0) is 15.8. The molecule has 1 aliphatic rings. The quantitative estimate of drug-likeness (QED) is 0.852. The summed E-state index contributed by atoms with van der Waals surface area (Å²) < 4.78 is 16.2. The Kier molecular flexibility index (Phi) is 3.87. The van der Waals surface area contributed by atoms with Crippen LogP contribution in [0.5, 0.6) is 11.5 Å². The van der Waals surface area contributed by atoms with Gasteiger partial charge in [-0.25, -0.2) is 0 Å². The lowest BCUT2D eigenvalue weighted by atomic mass is 9.86. The predicted octanol–water partition coefficient (Wildman–Crippen LogP) is 2.52. The van der Waals surface area contributed by atoms with Crippen molar-refractivity contribution in [2.75, 3.05) is 21.3 Å². The average Bonchev–Trinajstić information content (AvgIpc) is 2.48. The standard InChI is InChI=1S/C16H18O5/c1-16(2,21-5)9-8-12(19-3)13-10(17)6-7-11(18)14(13)15(9)20-4/h6-8H,1-5H3. The summed E-state index contributed by atoms with van der Waals surface area (Å²) in [6.07, 6.45) is 2.49. The summed E-state index contributed by atoms with van der Waals surface area (Å²) in [6.45, 7) is 3.70. The number of ether oxygens (including phenoxy) is 3. The minimum Gasteiger partial charge on any atom is -0.496 e. The van der Waals surface area contributed by atoms with Crippen LogP contribution in [0.1, 0.15) is 40.1 Å². The van der Waals surface area contributed by atoms with Gasteiger partial charge in [-0.1, -0.05) is 0 Å². The van der Waals surface area contributed by atoms with Crippen LogP contribution >= 0.6 is 0 Å². The van der Waals surface area contributed by atoms with Crippen LogP contribution in [0.25, 0.3) is 0 Å². The van der Waals surface area contributed by atoms with E-state index >= 15 is 0 Å². The van der Waals surface area contributed by atoms with Crippen molar-refractivity contribution in [1.29, 1.82) is 0 Å². The van der Waals surface area contributed by atoms with Crippen LogP contribution in [0.15, 0.2) is 18.2 Å². The molecule has 1 aromatic carbocycles. The Morgan fingerprint density at radius 3 is 1.95 bits per heavy atom. The van der Waals surface area contributed by atoms with E-state index < -0.39 is 5.60 Å². The molecular formula is C16H18O5. The Bertz CT molecular complexity index is 641. The van der Waals surface area contributed by atoms with Crippen molar-refractivity contribution < 1.29 is 23.8 Å². The van der Waals surface area contributed by atoms with Gasteiger partial charge in [0.25, 0.3) is 0 Å². The second-order valence-corrected chi connectivity index (χ2v) is 5.19. The number of rotatable bonds is 4. The molecule has 0 saturated carbocycles. The van der Waals surface area contributed by atoms with Crippen LogP contribution in [-0.2, 0) is 10.3 Å². The molecule has 112 valence electrons. The molecule has 0 heterocycles. The minimum absolute atomic E-state index is 0.226. The van der Waals surface area contributed by atoms with Crippen molar-refractivity contribution in [3.8, 4) is 11.5 Å². The molecule has 0 atom stereocenters. The summed E-state index contributed by atoms with van der Waals surface area (Å²) in [4.78, 5) is 24.3. The Morgan fingerprint density at radius 2 is 1.48 bits per heavy atom. The number of benzene rings is 1. The smallest absolute Gasteiger partial charge is 0.190 e. The second kappa shape index (κ2) is 5.33. The Balaban J connectivity index is 2.88. The van der Waals surface area contributed by atoms with Crippen LogP contribution < -0.4 is 9.47 Å². The van der Waals surface area contributed by atoms with Crippen molar-refractivity contribution >= 4 is 11.6 Å². The molecule has 5 heteroatoms. The van der Waals surface area contributed by atoms with Gasteiger partial charge in [-0.15, -0.1) is 0 Å². The zero-order valence-electron chi connectivity index (χ0n) is 12.8. The van der Waals surface area contributed by atoms with E-state index in [1.54, 1.807) is 13.2 Å². The number of allylic oxidation sites excluding steroid dienone is 2. The molecule has 0 N–H and O–H groups in total. The molecule has 1 aliphatic carbocycles. The highest BCUT2D eigenvalue weighted by Crippen LogP contribution is 2.42. The lowest BCUT2D eigenvalue weighted by Crippen LogP contribution is -2.24. The molecule has 0 saturated heterocycles. The fourth-order valence-corrected chi connectivity index (χ4v) is 2.37. The summed E-state index contributed by atoms with van der Waals surface area (Å²) in [6, 6.07) is 1.69. The molecule has 2 rings (SSSR count). The van der Waals surface area contributed by atoms with Gasteiger partial charge in [0, 0.05) is 12.7 Å². The third-order valence-electron chi connectivity index (χ3n) is 3.71. The summed E-state index contributed by atoms with van der Waals surface area (Å²) in [5, 5.41) is 0. The van der Waals surface area contributed by atoms with Gasteiger partial charge in [0.15, 0.2) is 11.6 Å². The molecule has 0 amide bonds. The number of carbonyl (C=O) groups excluding carboxylic acids is 2. The van der Waals surface area contributed by atoms with Crippen molar-refractivity contribution in [3.63, 3.8) is 0 Å². The van der Waals surface area contributed by atoms with Crippen LogP contribution in [0, 0.1) is 0 Å². The number of methoxy groups -OCH3 is 3. The summed E-state index contributed by atoms with van der Waals surface area (Å²) in [7, 11) is 4.49. The Labute approximate surface area is 123 Å². The number of hydrogen-bond donors (Lipinski definition) is 0. The maximum atomic E-state index is 12.2. The number of hydrogen-bond acceptors (Lipinski definition) is 5. The van der Waals surface area contributed by atoms with E-state index in [0.717, 1.165) is 0 Å². The maximum absolute atomic E-state index is 12.2. The first-order valence-corrected chi connectivity index (χ1v) is 6.48. The lowest BCUT2D eigenvalue weighted by Gasteiger charge is -2.28. The molecule has 5 nitrogen and oxygen atoms in total. The first-order valence-electron chi connectivity index (χ1n) is 6.48. The second-order valence-electron chi connectivity index (χ2n) is 5.19. The van der Waals surface area contributed by atoms with E-state index in [1.165, 1.54) is 26.4 Å². The highest BCUT2D eigenvalue weighted by atomic mass is 16.5. The highest BCUT2D eigenvalue weighted by molar-refractivity contribution is 6.24. The third kappa shape index (κ3) is 2.34. The fraction of sp³-hybridized carbons (Fsp3) is 0.375. The first kappa shape index (κ1) is 15.3. The van der Waals surface area contributed by atoms with Gasteiger partial charge in [0.2, 0.25) is 0 Å². The Hall–Kier alpha value is -2.14. The Morgan fingerprint density at radius 1 is 0.905 bits per heavy atom. The number of ketones is 2. The molecule has 0 aliphatic heterocycles. The van der Waals surface area contributed by atoms with Gasteiger partial charge >= 0.3 is 0 Å². The average molecular weight is 290 g/mol. The van der Waals surface area contributed by atoms with Gasteiger partial charge in [0.1, 0.15) is 11.5 Å². The van der Waals surface area contributed by atoms with E-state index in [4.69, 9.17) is 14.2 Å². The van der Waals surface area contributed by atoms with Gasteiger partial charge in [0.05, 0.1) is 30.9 Å². The van der Waals surface area contributed by atoms with Crippen LogP contribution in [0.4, 0.5) is 0 Å². The summed E-state index contributed by atoms with van der Waals surface area (Å²) >= 11 is 0.